The number of hydrogen-bond acceptors (Lipinski definition) is 3. The monoisotopic (exact) mass is 317 g/mol. The van der Waals surface area contributed by atoms with E-state index in [2.05, 4.69) is 26.0 Å². The maximum atomic E-state index is 13.4. The first kappa shape index (κ1) is 14.6. The molecule has 0 atom stereocenters. The maximum absolute atomic E-state index is 13.4. The molecule has 1 amide bonds. The van der Waals surface area contributed by atoms with E-state index in [4.69, 9.17) is 0 Å². The third-order valence-corrected chi connectivity index (χ3v) is 2.74. The molecular weight excluding hydrogens is 305 g/mol. The Hall–Kier alpha value is -1.43. The van der Waals surface area contributed by atoms with Gasteiger partial charge in [0.2, 0.25) is 0 Å². The second-order valence-corrected chi connectivity index (χ2v) is 4.48. The molecule has 0 aromatic heterocycles. The van der Waals surface area contributed by atoms with Gasteiger partial charge < -0.3 is 10.1 Å². The third kappa shape index (κ3) is 4.44. The van der Waals surface area contributed by atoms with Gasteiger partial charge in [-0.15, -0.1) is 0 Å². The van der Waals surface area contributed by atoms with E-state index >= 15 is 0 Å². The Kier molecular flexibility index (Phi) is 5.77. The van der Waals surface area contributed by atoms with Gasteiger partial charge in [-0.2, -0.15) is 0 Å². The molecule has 0 radical (unpaired) electrons. The van der Waals surface area contributed by atoms with E-state index in [-0.39, 0.29) is 18.0 Å². The topological polar surface area (TPSA) is 55.4 Å². The van der Waals surface area contributed by atoms with Crippen molar-refractivity contribution in [3.05, 3.63) is 34.1 Å². The molecule has 0 unspecified atom stereocenters. The second kappa shape index (κ2) is 7.10. The summed E-state index contributed by atoms with van der Waals surface area (Å²) < 4.78 is 18.4. The van der Waals surface area contributed by atoms with Gasteiger partial charge in [0, 0.05) is 17.4 Å². The van der Waals surface area contributed by atoms with Crippen LogP contribution in [-0.4, -0.2) is 25.5 Å². The van der Waals surface area contributed by atoms with Crippen molar-refractivity contribution in [3.63, 3.8) is 0 Å². The van der Waals surface area contributed by atoms with Crippen LogP contribution < -0.4 is 5.32 Å². The summed E-state index contributed by atoms with van der Waals surface area (Å²) in [4.78, 5) is 22.5. The number of carbonyl (C=O) groups is 2. The van der Waals surface area contributed by atoms with Gasteiger partial charge in [-0.1, -0.05) is 15.9 Å². The van der Waals surface area contributed by atoms with E-state index in [1.54, 1.807) is 0 Å². The molecule has 0 saturated carbocycles. The van der Waals surface area contributed by atoms with E-state index < -0.39 is 11.7 Å². The fraction of sp³-hybridized carbons (Fsp3) is 0.333. The second-order valence-electron chi connectivity index (χ2n) is 3.56. The fourth-order valence-corrected chi connectivity index (χ4v) is 1.66. The van der Waals surface area contributed by atoms with Crippen molar-refractivity contribution in [3.8, 4) is 0 Å². The Bertz CT molecular complexity index is 451. The minimum absolute atomic E-state index is 0.0255. The fourth-order valence-electron chi connectivity index (χ4n) is 1.30. The summed E-state index contributed by atoms with van der Waals surface area (Å²) in [5.41, 5.74) is -0.0255. The summed E-state index contributed by atoms with van der Waals surface area (Å²) in [5.74, 6) is -1.42. The predicted octanol–water partition coefficient (Wildman–Crippen LogP) is 2.27. The van der Waals surface area contributed by atoms with Crippen molar-refractivity contribution in [2.45, 2.75) is 12.8 Å². The van der Waals surface area contributed by atoms with Crippen LogP contribution in [0.4, 0.5) is 4.39 Å². The minimum Gasteiger partial charge on any atom is -0.469 e. The van der Waals surface area contributed by atoms with Gasteiger partial charge in [-0.25, -0.2) is 4.39 Å². The number of rotatable bonds is 5. The number of methoxy groups -OCH3 is 1. The lowest BCUT2D eigenvalue weighted by Crippen LogP contribution is -2.25. The van der Waals surface area contributed by atoms with Crippen LogP contribution in [0.5, 0.6) is 0 Å². The Morgan fingerprint density at radius 1 is 1.44 bits per heavy atom. The molecule has 6 heteroatoms. The molecule has 0 bridgehead atoms. The van der Waals surface area contributed by atoms with Crippen LogP contribution in [-0.2, 0) is 9.53 Å². The number of amides is 1. The Balaban J connectivity index is 2.46. The van der Waals surface area contributed by atoms with Crippen LogP contribution in [0.1, 0.15) is 23.2 Å². The van der Waals surface area contributed by atoms with Gasteiger partial charge in [-0.05, 0) is 24.6 Å². The third-order valence-electron chi connectivity index (χ3n) is 2.24. The molecule has 4 nitrogen and oxygen atoms in total. The van der Waals surface area contributed by atoms with E-state index in [0.717, 1.165) is 0 Å². The van der Waals surface area contributed by atoms with E-state index in [9.17, 15) is 14.0 Å². The van der Waals surface area contributed by atoms with Crippen molar-refractivity contribution >= 4 is 27.8 Å². The number of nitrogens with one attached hydrogen (secondary N) is 1. The molecule has 0 fully saturated rings. The zero-order chi connectivity index (χ0) is 13.5. The molecular formula is C12H13BrFNO3. The van der Waals surface area contributed by atoms with Crippen molar-refractivity contribution in [2.75, 3.05) is 13.7 Å². The van der Waals surface area contributed by atoms with Gasteiger partial charge in [0.25, 0.3) is 5.91 Å². The molecule has 0 saturated heterocycles. The highest BCUT2D eigenvalue weighted by Gasteiger charge is 2.11. The highest BCUT2D eigenvalue weighted by atomic mass is 79.9. The summed E-state index contributed by atoms with van der Waals surface area (Å²) in [7, 11) is 1.30. The molecule has 18 heavy (non-hydrogen) atoms. The lowest BCUT2D eigenvalue weighted by molar-refractivity contribution is -0.140. The molecule has 1 aromatic rings. The van der Waals surface area contributed by atoms with Crippen molar-refractivity contribution in [2.24, 2.45) is 0 Å². The SMILES string of the molecule is COC(=O)CCCNC(=O)c1cc(Br)ccc1F. The van der Waals surface area contributed by atoms with Crippen LogP contribution >= 0.6 is 15.9 Å². The first-order valence-electron chi connectivity index (χ1n) is 5.34. The van der Waals surface area contributed by atoms with Crippen LogP contribution in [0.3, 0.4) is 0 Å². The van der Waals surface area contributed by atoms with Crippen LogP contribution in [0.25, 0.3) is 0 Å². The van der Waals surface area contributed by atoms with Crippen molar-refractivity contribution in [1.29, 1.82) is 0 Å². The number of ether oxygens (including phenoxy) is 1. The minimum atomic E-state index is -0.580. The molecule has 98 valence electrons. The number of carbonyl (C=O) groups excluding carboxylic acids is 2. The summed E-state index contributed by atoms with van der Waals surface area (Å²) >= 11 is 3.17. The smallest absolute Gasteiger partial charge is 0.305 e. The summed E-state index contributed by atoms with van der Waals surface area (Å²) in [5, 5.41) is 2.54. The quantitative estimate of drug-likeness (QED) is 0.669. The lowest BCUT2D eigenvalue weighted by Gasteiger charge is -2.06. The molecule has 0 aliphatic carbocycles. The normalized spacial score (nSPS) is 9.94. The van der Waals surface area contributed by atoms with Gasteiger partial charge in [0.05, 0.1) is 12.7 Å². The molecule has 1 aromatic carbocycles. The largest absolute Gasteiger partial charge is 0.469 e. The first-order chi connectivity index (χ1) is 8.54. The maximum Gasteiger partial charge on any atom is 0.305 e. The number of benzene rings is 1. The number of halogens is 2. The van der Waals surface area contributed by atoms with Crippen LogP contribution in [0, 0.1) is 5.82 Å². The van der Waals surface area contributed by atoms with Gasteiger partial charge >= 0.3 is 5.97 Å². The molecule has 1 rings (SSSR count). The van der Waals surface area contributed by atoms with Crippen molar-refractivity contribution < 1.29 is 18.7 Å². The van der Waals surface area contributed by atoms with Gasteiger partial charge in [0.15, 0.2) is 0 Å². The first-order valence-corrected chi connectivity index (χ1v) is 6.14. The summed E-state index contributed by atoms with van der Waals surface area (Å²) in [6, 6.07) is 4.14. The van der Waals surface area contributed by atoms with Crippen molar-refractivity contribution in [1.82, 2.24) is 5.32 Å². The van der Waals surface area contributed by atoms with Gasteiger partial charge in [-0.3, -0.25) is 9.59 Å². The molecule has 0 aliphatic heterocycles. The van der Waals surface area contributed by atoms with Crippen LogP contribution in [0.15, 0.2) is 22.7 Å². The molecule has 0 aliphatic rings. The molecule has 1 N–H and O–H groups in total. The lowest BCUT2D eigenvalue weighted by atomic mass is 10.2. The predicted molar refractivity (Wildman–Crippen MR) is 67.7 cm³/mol. The average Bonchev–Trinajstić information content (AvgIpc) is 2.36. The van der Waals surface area contributed by atoms with Gasteiger partial charge in [0.1, 0.15) is 5.82 Å². The highest BCUT2D eigenvalue weighted by molar-refractivity contribution is 9.10. The molecule has 0 heterocycles. The van der Waals surface area contributed by atoms with E-state index in [0.29, 0.717) is 17.4 Å². The summed E-state index contributed by atoms with van der Waals surface area (Å²) in [6.07, 6.45) is 0.672. The van der Waals surface area contributed by atoms with E-state index in [1.807, 2.05) is 0 Å². The number of esters is 1. The highest BCUT2D eigenvalue weighted by Crippen LogP contribution is 2.15. The van der Waals surface area contributed by atoms with E-state index in [1.165, 1.54) is 25.3 Å². The molecule has 0 spiro atoms. The average molecular weight is 318 g/mol. The summed E-state index contributed by atoms with van der Waals surface area (Å²) in [6.45, 7) is 0.292. The Morgan fingerprint density at radius 3 is 2.83 bits per heavy atom. The number of hydrogen-bond donors (Lipinski definition) is 1. The Morgan fingerprint density at radius 2 is 2.17 bits per heavy atom. The Labute approximate surface area is 113 Å². The zero-order valence-electron chi connectivity index (χ0n) is 9.83. The standard InChI is InChI=1S/C12H13BrFNO3/c1-18-11(16)3-2-6-15-12(17)9-7-8(13)4-5-10(9)14/h4-5,7H,2-3,6H2,1H3,(H,15,17). The zero-order valence-corrected chi connectivity index (χ0v) is 11.4. The van der Waals surface area contributed by atoms with Crippen LogP contribution in [0.2, 0.25) is 0 Å².